The van der Waals surface area contributed by atoms with Gasteiger partial charge in [0, 0.05) is 23.6 Å². The Morgan fingerprint density at radius 3 is 2.65 bits per heavy atom. The lowest BCUT2D eigenvalue weighted by Gasteiger charge is -2.15. The van der Waals surface area contributed by atoms with Gasteiger partial charge in [0.15, 0.2) is 6.29 Å². The highest BCUT2D eigenvalue weighted by Crippen LogP contribution is 2.37. The number of benzene rings is 2. The largest absolute Gasteiger partial charge is 0.493 e. The van der Waals surface area contributed by atoms with Gasteiger partial charge in [-0.2, -0.15) is 5.26 Å². The molecule has 0 saturated heterocycles. The number of nitrogens with zero attached hydrogens (tertiary/aromatic N) is 1. The van der Waals surface area contributed by atoms with Crippen LogP contribution in [0.3, 0.4) is 0 Å². The summed E-state index contributed by atoms with van der Waals surface area (Å²) in [5.74, 6) is 0.291. The van der Waals surface area contributed by atoms with Gasteiger partial charge in [-0.05, 0) is 25.1 Å². The molecule has 5 nitrogen and oxygen atoms in total. The smallest absolute Gasteiger partial charge is 0.221 e. The quantitative estimate of drug-likeness (QED) is 0.859. The first-order valence-electron chi connectivity index (χ1n) is 7.14. The molecule has 1 N–H and O–H groups in total. The molecular weight excluding hydrogens is 292 g/mol. The second kappa shape index (κ2) is 7.23. The van der Waals surface area contributed by atoms with E-state index in [0.717, 1.165) is 0 Å². The minimum Gasteiger partial charge on any atom is -0.493 e. The van der Waals surface area contributed by atoms with Gasteiger partial charge < -0.3 is 10.1 Å². The zero-order chi connectivity index (χ0) is 16.8. The van der Waals surface area contributed by atoms with Crippen molar-refractivity contribution >= 4 is 17.9 Å². The number of carbonyl (C=O) groups excluding carboxylic acids is 2. The molecule has 0 spiro atoms. The van der Waals surface area contributed by atoms with E-state index >= 15 is 0 Å². The van der Waals surface area contributed by atoms with Crippen molar-refractivity contribution in [2.24, 2.45) is 0 Å². The summed E-state index contributed by atoms with van der Waals surface area (Å²) in [7, 11) is 0. The van der Waals surface area contributed by atoms with Crippen LogP contribution in [0.5, 0.6) is 5.75 Å². The molecule has 0 aliphatic heterocycles. The Morgan fingerprint density at radius 2 is 2.04 bits per heavy atom. The summed E-state index contributed by atoms with van der Waals surface area (Å²) in [6.07, 6.45) is 0.691. The number of para-hydroxylation sites is 1. The fourth-order valence-electron chi connectivity index (χ4n) is 2.37. The van der Waals surface area contributed by atoms with Gasteiger partial charge in [0.25, 0.3) is 0 Å². The Labute approximate surface area is 134 Å². The van der Waals surface area contributed by atoms with Crippen LogP contribution in [0.2, 0.25) is 0 Å². The fraction of sp³-hybridized carbons (Fsp3) is 0.167. The van der Waals surface area contributed by atoms with Crippen LogP contribution < -0.4 is 10.1 Å². The van der Waals surface area contributed by atoms with Crippen molar-refractivity contribution in [3.63, 3.8) is 0 Å². The molecule has 0 fully saturated rings. The Hall–Kier alpha value is -3.13. The minimum absolute atomic E-state index is 0.233. The molecule has 0 atom stereocenters. The summed E-state index contributed by atoms with van der Waals surface area (Å²) >= 11 is 0. The Balaban J connectivity index is 2.77. The van der Waals surface area contributed by atoms with Crippen molar-refractivity contribution in [1.29, 1.82) is 5.26 Å². The van der Waals surface area contributed by atoms with Crippen molar-refractivity contribution in [3.8, 4) is 22.9 Å². The monoisotopic (exact) mass is 308 g/mol. The number of anilines is 1. The van der Waals surface area contributed by atoms with Gasteiger partial charge in [-0.3, -0.25) is 9.59 Å². The van der Waals surface area contributed by atoms with Gasteiger partial charge in [0.1, 0.15) is 11.8 Å². The van der Waals surface area contributed by atoms with E-state index in [2.05, 4.69) is 11.4 Å². The molecule has 5 heteroatoms. The molecule has 0 radical (unpaired) electrons. The van der Waals surface area contributed by atoms with Gasteiger partial charge in [-0.15, -0.1) is 0 Å². The summed E-state index contributed by atoms with van der Waals surface area (Å²) in [6.45, 7) is 3.68. The predicted octanol–water partition coefficient (Wildman–Crippen LogP) is 3.39. The molecule has 0 aliphatic carbocycles. The Kier molecular flexibility index (Phi) is 5.11. The van der Waals surface area contributed by atoms with E-state index < -0.39 is 0 Å². The van der Waals surface area contributed by atoms with Crippen molar-refractivity contribution in [3.05, 3.63) is 47.5 Å². The van der Waals surface area contributed by atoms with Crippen LogP contribution in [0.25, 0.3) is 11.1 Å². The summed E-state index contributed by atoms with van der Waals surface area (Å²) in [5.41, 5.74) is 2.06. The SMILES string of the molecule is CCOc1ccccc1-c1c(C=O)ccc(NC(C)=O)c1C#N. The second-order valence-corrected chi connectivity index (χ2v) is 4.79. The topological polar surface area (TPSA) is 79.2 Å². The van der Waals surface area contributed by atoms with Crippen LogP contribution in [-0.4, -0.2) is 18.8 Å². The number of amides is 1. The highest BCUT2D eigenvalue weighted by molar-refractivity contribution is 5.98. The van der Waals surface area contributed by atoms with Crippen LogP contribution in [-0.2, 0) is 4.79 Å². The number of ether oxygens (including phenoxy) is 1. The maximum atomic E-state index is 11.4. The van der Waals surface area contributed by atoms with Gasteiger partial charge in [-0.1, -0.05) is 18.2 Å². The first-order chi connectivity index (χ1) is 11.1. The summed E-state index contributed by atoms with van der Waals surface area (Å²) in [5, 5.41) is 12.2. The zero-order valence-corrected chi connectivity index (χ0v) is 12.9. The van der Waals surface area contributed by atoms with Crippen LogP contribution in [0.15, 0.2) is 36.4 Å². The molecule has 0 aliphatic rings. The van der Waals surface area contributed by atoms with Crippen molar-refractivity contribution in [2.45, 2.75) is 13.8 Å². The molecule has 2 aromatic carbocycles. The molecule has 1 amide bonds. The average molecular weight is 308 g/mol. The third-order valence-electron chi connectivity index (χ3n) is 3.24. The number of carbonyl (C=O) groups is 2. The summed E-state index contributed by atoms with van der Waals surface area (Å²) in [4.78, 5) is 22.8. The van der Waals surface area contributed by atoms with Crippen LogP contribution >= 0.6 is 0 Å². The average Bonchev–Trinajstić information content (AvgIpc) is 2.55. The van der Waals surface area contributed by atoms with E-state index in [0.29, 0.717) is 41.0 Å². The van der Waals surface area contributed by atoms with Gasteiger partial charge in [0.2, 0.25) is 5.91 Å². The third kappa shape index (κ3) is 3.38. The van der Waals surface area contributed by atoms with E-state index in [1.165, 1.54) is 6.92 Å². The fourth-order valence-corrected chi connectivity index (χ4v) is 2.37. The highest BCUT2D eigenvalue weighted by Gasteiger charge is 2.18. The lowest BCUT2D eigenvalue weighted by Crippen LogP contribution is -2.09. The first-order valence-corrected chi connectivity index (χ1v) is 7.14. The number of nitrogens with one attached hydrogen (secondary N) is 1. The number of hydrogen-bond donors (Lipinski definition) is 1. The molecule has 0 saturated carbocycles. The molecule has 2 rings (SSSR count). The van der Waals surface area contributed by atoms with E-state index in [1.54, 1.807) is 30.3 Å². The first kappa shape index (κ1) is 16.2. The van der Waals surface area contributed by atoms with E-state index in [-0.39, 0.29) is 11.5 Å². The normalized spacial score (nSPS) is 9.78. The standard InChI is InChI=1S/C18H16N2O3/c1-3-23-17-7-5-4-6-14(17)18-13(11-21)8-9-16(15(18)10-19)20-12(2)22/h4-9,11H,3H2,1-2H3,(H,20,22). The Bertz CT molecular complexity index is 791. The number of nitriles is 1. The molecule has 0 heterocycles. The van der Waals surface area contributed by atoms with Crippen LogP contribution in [0.1, 0.15) is 29.8 Å². The maximum Gasteiger partial charge on any atom is 0.221 e. The third-order valence-corrected chi connectivity index (χ3v) is 3.24. The van der Waals surface area contributed by atoms with E-state index in [9.17, 15) is 14.9 Å². The summed E-state index contributed by atoms with van der Waals surface area (Å²) in [6, 6.07) is 12.4. The lowest BCUT2D eigenvalue weighted by atomic mass is 9.93. The van der Waals surface area contributed by atoms with Gasteiger partial charge in [-0.25, -0.2) is 0 Å². The van der Waals surface area contributed by atoms with Crippen molar-refractivity contribution < 1.29 is 14.3 Å². The Morgan fingerprint density at radius 1 is 1.30 bits per heavy atom. The van der Waals surface area contributed by atoms with Crippen LogP contribution in [0, 0.1) is 11.3 Å². The van der Waals surface area contributed by atoms with Gasteiger partial charge in [0.05, 0.1) is 17.9 Å². The number of rotatable bonds is 5. The predicted molar refractivity (Wildman–Crippen MR) is 87.5 cm³/mol. The zero-order valence-electron chi connectivity index (χ0n) is 12.9. The van der Waals surface area contributed by atoms with Crippen LogP contribution in [0.4, 0.5) is 5.69 Å². The number of hydrogen-bond acceptors (Lipinski definition) is 4. The lowest BCUT2D eigenvalue weighted by molar-refractivity contribution is -0.114. The van der Waals surface area contributed by atoms with E-state index in [1.807, 2.05) is 13.0 Å². The van der Waals surface area contributed by atoms with Crippen molar-refractivity contribution in [2.75, 3.05) is 11.9 Å². The molecule has 0 unspecified atom stereocenters. The maximum absolute atomic E-state index is 11.4. The molecule has 116 valence electrons. The van der Waals surface area contributed by atoms with Gasteiger partial charge >= 0.3 is 0 Å². The molecule has 2 aromatic rings. The van der Waals surface area contributed by atoms with Crippen molar-refractivity contribution in [1.82, 2.24) is 0 Å². The molecule has 0 aromatic heterocycles. The van der Waals surface area contributed by atoms with E-state index in [4.69, 9.17) is 4.74 Å². The highest BCUT2D eigenvalue weighted by atomic mass is 16.5. The molecule has 0 bridgehead atoms. The summed E-state index contributed by atoms with van der Waals surface area (Å²) < 4.78 is 5.60. The minimum atomic E-state index is -0.288. The second-order valence-electron chi connectivity index (χ2n) is 4.79. The molecule has 23 heavy (non-hydrogen) atoms. The molecular formula is C18H16N2O3. The number of aldehydes is 1.